The van der Waals surface area contributed by atoms with Gasteiger partial charge in [-0.3, -0.25) is 14.2 Å². The number of halogens is 1. The van der Waals surface area contributed by atoms with Gasteiger partial charge in [0.05, 0.1) is 5.39 Å². The van der Waals surface area contributed by atoms with E-state index in [1.165, 1.54) is 0 Å². The third-order valence-corrected chi connectivity index (χ3v) is 6.09. The van der Waals surface area contributed by atoms with Crippen molar-refractivity contribution >= 4 is 43.4 Å². The number of benzene rings is 1. The van der Waals surface area contributed by atoms with E-state index >= 15 is 0 Å². The number of nitrogens with two attached hydrogens (primary N) is 1. The normalized spacial score (nSPS) is 11.2. The van der Waals surface area contributed by atoms with Crippen LogP contribution in [0.3, 0.4) is 0 Å². The molecule has 0 unspecified atom stereocenters. The molecule has 7 heteroatoms. The molecule has 0 radical (unpaired) electrons. The molecule has 0 atom stereocenters. The van der Waals surface area contributed by atoms with Crippen LogP contribution in [-0.4, -0.2) is 15.5 Å². The van der Waals surface area contributed by atoms with Gasteiger partial charge in [0.25, 0.3) is 5.56 Å². The van der Waals surface area contributed by atoms with Gasteiger partial charge in [-0.1, -0.05) is 35.0 Å². The summed E-state index contributed by atoms with van der Waals surface area (Å²) in [6.07, 6.45) is 1.63. The van der Waals surface area contributed by atoms with Crippen LogP contribution in [0.2, 0.25) is 0 Å². The van der Waals surface area contributed by atoms with Gasteiger partial charge in [0, 0.05) is 27.9 Å². The number of primary amides is 1. The van der Waals surface area contributed by atoms with E-state index in [1.54, 1.807) is 15.9 Å². The Hall–Kier alpha value is -1.99. The Morgan fingerprint density at radius 3 is 2.62 bits per heavy atom. The molecule has 1 aromatic carbocycles. The molecule has 0 aliphatic heterocycles. The zero-order valence-corrected chi connectivity index (χ0v) is 17.1. The minimum atomic E-state index is -0.357. The summed E-state index contributed by atoms with van der Waals surface area (Å²) in [6, 6.07) is 7.99. The van der Waals surface area contributed by atoms with Crippen LogP contribution >= 0.6 is 27.3 Å². The summed E-state index contributed by atoms with van der Waals surface area (Å²) in [5.74, 6) is 0.308. The molecule has 0 aliphatic rings. The zero-order chi connectivity index (χ0) is 18.8. The van der Waals surface area contributed by atoms with Gasteiger partial charge in [-0.05, 0) is 37.5 Å². The highest BCUT2D eigenvalue weighted by Crippen LogP contribution is 2.37. The Morgan fingerprint density at radius 1 is 1.31 bits per heavy atom. The average Bonchev–Trinajstić information content (AvgIpc) is 2.96. The van der Waals surface area contributed by atoms with Crippen molar-refractivity contribution in [3.05, 3.63) is 49.8 Å². The van der Waals surface area contributed by atoms with Crippen molar-refractivity contribution in [2.75, 3.05) is 0 Å². The molecule has 3 rings (SSSR count). The molecule has 0 saturated heterocycles. The van der Waals surface area contributed by atoms with E-state index in [0.29, 0.717) is 24.2 Å². The Bertz CT molecular complexity index is 1020. The second-order valence-corrected chi connectivity index (χ2v) is 8.13. The SMILES string of the molecule is CCc1sc2nc(C)n(CCCC(N)=O)c(=O)c2c1-c1ccc(Br)cc1. The van der Waals surface area contributed by atoms with Gasteiger partial charge in [-0.2, -0.15) is 0 Å². The van der Waals surface area contributed by atoms with Crippen LogP contribution in [-0.2, 0) is 17.8 Å². The van der Waals surface area contributed by atoms with Crippen molar-refractivity contribution in [3.8, 4) is 11.1 Å². The van der Waals surface area contributed by atoms with Gasteiger partial charge in [0.2, 0.25) is 5.91 Å². The van der Waals surface area contributed by atoms with Crippen molar-refractivity contribution in [2.24, 2.45) is 5.73 Å². The van der Waals surface area contributed by atoms with E-state index in [0.717, 1.165) is 31.7 Å². The Morgan fingerprint density at radius 2 is 2.00 bits per heavy atom. The van der Waals surface area contributed by atoms with Crippen molar-refractivity contribution < 1.29 is 4.79 Å². The van der Waals surface area contributed by atoms with E-state index in [4.69, 9.17) is 5.73 Å². The first-order valence-corrected chi connectivity index (χ1v) is 10.1. The highest BCUT2D eigenvalue weighted by molar-refractivity contribution is 9.10. The van der Waals surface area contributed by atoms with E-state index < -0.39 is 0 Å². The van der Waals surface area contributed by atoms with Crippen molar-refractivity contribution in [1.82, 2.24) is 9.55 Å². The number of rotatable bonds is 6. The molecule has 26 heavy (non-hydrogen) atoms. The lowest BCUT2D eigenvalue weighted by atomic mass is 10.0. The number of nitrogens with zero attached hydrogens (tertiary/aromatic N) is 2. The Balaban J connectivity index is 2.19. The minimum absolute atomic E-state index is 0.0501. The third kappa shape index (κ3) is 3.59. The van der Waals surface area contributed by atoms with Gasteiger partial charge < -0.3 is 5.73 Å². The summed E-state index contributed by atoms with van der Waals surface area (Å²) < 4.78 is 2.65. The Labute approximate surface area is 164 Å². The number of aryl methyl sites for hydroxylation is 2. The molecule has 2 N–H and O–H groups in total. The number of carbonyl (C=O) groups excluding carboxylic acids is 1. The van der Waals surface area contributed by atoms with Crippen LogP contribution in [0.5, 0.6) is 0 Å². The van der Waals surface area contributed by atoms with Crippen LogP contribution in [0.15, 0.2) is 33.5 Å². The maximum absolute atomic E-state index is 13.2. The van der Waals surface area contributed by atoms with Crippen LogP contribution < -0.4 is 11.3 Å². The highest BCUT2D eigenvalue weighted by Gasteiger charge is 2.19. The standard InChI is InChI=1S/C19H20BrN3O2S/c1-3-14-16(12-6-8-13(20)9-7-12)17-18(26-14)22-11(2)23(19(17)25)10-4-5-15(21)24/h6-9H,3-5,10H2,1-2H3,(H2,21,24). The van der Waals surface area contributed by atoms with E-state index in [2.05, 4.69) is 27.8 Å². The number of hydrogen-bond acceptors (Lipinski definition) is 4. The molecule has 0 aliphatic carbocycles. The third-order valence-electron chi connectivity index (χ3n) is 4.33. The number of aromatic nitrogens is 2. The summed E-state index contributed by atoms with van der Waals surface area (Å²) in [6.45, 7) is 4.36. The van der Waals surface area contributed by atoms with Crippen molar-refractivity contribution in [1.29, 1.82) is 0 Å². The first-order valence-electron chi connectivity index (χ1n) is 8.49. The molecule has 0 saturated carbocycles. The maximum atomic E-state index is 13.2. The molecule has 136 valence electrons. The molecule has 0 spiro atoms. The van der Waals surface area contributed by atoms with Crippen LogP contribution in [0.25, 0.3) is 21.3 Å². The molecular formula is C19H20BrN3O2S. The first-order chi connectivity index (χ1) is 12.4. The second-order valence-electron chi connectivity index (χ2n) is 6.13. The predicted octanol–water partition coefficient (Wildman–Crippen LogP) is 4.02. The molecule has 3 aromatic rings. The quantitative estimate of drug-likeness (QED) is 0.637. The number of amides is 1. The van der Waals surface area contributed by atoms with Crippen molar-refractivity contribution in [3.63, 3.8) is 0 Å². The van der Waals surface area contributed by atoms with Gasteiger partial charge in [-0.25, -0.2) is 4.98 Å². The first kappa shape index (κ1) is 18.8. The number of fused-ring (bicyclic) bond motifs is 1. The predicted molar refractivity (Wildman–Crippen MR) is 110 cm³/mol. The van der Waals surface area contributed by atoms with Crippen LogP contribution in [0, 0.1) is 6.92 Å². The summed E-state index contributed by atoms with van der Waals surface area (Å²) in [5, 5.41) is 0.666. The molecule has 2 heterocycles. The lowest BCUT2D eigenvalue weighted by Crippen LogP contribution is -2.24. The average molecular weight is 434 g/mol. The lowest BCUT2D eigenvalue weighted by molar-refractivity contribution is -0.118. The van der Waals surface area contributed by atoms with Gasteiger partial charge in [-0.15, -0.1) is 11.3 Å². The summed E-state index contributed by atoms with van der Waals surface area (Å²) in [5.41, 5.74) is 7.15. The summed E-state index contributed by atoms with van der Waals surface area (Å²) >= 11 is 5.03. The fraction of sp³-hybridized carbons (Fsp3) is 0.316. The highest BCUT2D eigenvalue weighted by atomic mass is 79.9. The molecule has 1 amide bonds. The van der Waals surface area contributed by atoms with Crippen LogP contribution in [0.1, 0.15) is 30.5 Å². The molecular weight excluding hydrogens is 414 g/mol. The maximum Gasteiger partial charge on any atom is 0.262 e. The molecule has 0 fully saturated rings. The van der Waals surface area contributed by atoms with E-state index in [1.807, 2.05) is 31.2 Å². The largest absolute Gasteiger partial charge is 0.370 e. The topological polar surface area (TPSA) is 78.0 Å². The summed E-state index contributed by atoms with van der Waals surface area (Å²) in [7, 11) is 0. The van der Waals surface area contributed by atoms with Gasteiger partial charge in [0.1, 0.15) is 10.7 Å². The van der Waals surface area contributed by atoms with Crippen molar-refractivity contribution in [2.45, 2.75) is 39.7 Å². The number of hydrogen-bond donors (Lipinski definition) is 1. The molecule has 0 bridgehead atoms. The zero-order valence-electron chi connectivity index (χ0n) is 14.7. The number of thiophene rings is 1. The minimum Gasteiger partial charge on any atom is -0.370 e. The Kier molecular flexibility index (Phi) is 5.58. The second kappa shape index (κ2) is 7.72. The van der Waals surface area contributed by atoms with E-state index in [9.17, 15) is 9.59 Å². The fourth-order valence-electron chi connectivity index (χ4n) is 3.08. The van der Waals surface area contributed by atoms with E-state index in [-0.39, 0.29) is 17.9 Å². The molecule has 5 nitrogen and oxygen atoms in total. The van der Waals surface area contributed by atoms with Gasteiger partial charge in [0.15, 0.2) is 0 Å². The lowest BCUT2D eigenvalue weighted by Gasteiger charge is -2.10. The fourth-order valence-corrected chi connectivity index (χ4v) is 4.51. The monoisotopic (exact) mass is 433 g/mol. The van der Waals surface area contributed by atoms with Crippen LogP contribution in [0.4, 0.5) is 0 Å². The van der Waals surface area contributed by atoms with Gasteiger partial charge >= 0.3 is 0 Å². The summed E-state index contributed by atoms with van der Waals surface area (Å²) in [4.78, 5) is 30.8. The smallest absolute Gasteiger partial charge is 0.262 e. The number of carbonyl (C=O) groups is 1. The molecule has 2 aromatic heterocycles.